The summed E-state index contributed by atoms with van der Waals surface area (Å²) in [5.41, 5.74) is 0.0689. The molecule has 0 saturated carbocycles. The number of halogens is 2. The predicted molar refractivity (Wildman–Crippen MR) is 68.9 cm³/mol. The van der Waals surface area contributed by atoms with E-state index in [1.165, 1.54) is 0 Å². The zero-order valence-electron chi connectivity index (χ0n) is 7.75. The first kappa shape index (κ1) is 12.2. The highest BCUT2D eigenvalue weighted by molar-refractivity contribution is 14.1. The van der Waals surface area contributed by atoms with E-state index in [-0.39, 0.29) is 5.56 Å². The summed E-state index contributed by atoms with van der Waals surface area (Å²) in [5.74, 6) is 0. The van der Waals surface area contributed by atoms with Gasteiger partial charge in [-0.1, -0.05) is 22.4 Å². The maximum atomic E-state index is 11.5. The fraction of sp³-hybridized carbons (Fsp3) is 0.556. The Morgan fingerprint density at radius 2 is 2.21 bits per heavy atom. The molecular formula is C9H12BrIN2O. The zero-order valence-corrected chi connectivity index (χ0v) is 11.5. The zero-order chi connectivity index (χ0) is 10.4. The van der Waals surface area contributed by atoms with E-state index in [4.69, 9.17) is 0 Å². The molecule has 14 heavy (non-hydrogen) atoms. The smallest absolute Gasteiger partial charge is 0.266 e. The second-order valence-corrected chi connectivity index (χ2v) is 4.94. The van der Waals surface area contributed by atoms with E-state index in [9.17, 15) is 4.79 Å². The van der Waals surface area contributed by atoms with Crippen LogP contribution in [0.2, 0.25) is 0 Å². The molecule has 1 aromatic rings. The summed E-state index contributed by atoms with van der Waals surface area (Å²) in [5, 5.41) is 1.03. The lowest BCUT2D eigenvalue weighted by molar-refractivity contribution is 0.580. The summed E-state index contributed by atoms with van der Waals surface area (Å²) in [4.78, 5) is 15.5. The number of unbranched alkanes of at least 4 members (excludes halogenated alkanes) is 2. The highest BCUT2D eigenvalue weighted by atomic mass is 127. The molecule has 0 saturated heterocycles. The minimum atomic E-state index is 0.0689. The minimum Gasteiger partial charge on any atom is -0.298 e. The van der Waals surface area contributed by atoms with Crippen LogP contribution >= 0.6 is 38.5 Å². The Balaban J connectivity index is 2.51. The van der Waals surface area contributed by atoms with E-state index in [1.807, 2.05) is 22.6 Å². The number of hydrogen-bond acceptors (Lipinski definition) is 2. The molecule has 0 N–H and O–H groups in total. The van der Waals surface area contributed by atoms with Gasteiger partial charge in [0.05, 0.1) is 9.90 Å². The van der Waals surface area contributed by atoms with Crippen molar-refractivity contribution < 1.29 is 0 Å². The van der Waals surface area contributed by atoms with Crippen LogP contribution in [0, 0.1) is 3.57 Å². The van der Waals surface area contributed by atoms with Crippen molar-refractivity contribution in [2.45, 2.75) is 25.8 Å². The van der Waals surface area contributed by atoms with Crippen LogP contribution in [0.1, 0.15) is 19.3 Å². The summed E-state index contributed by atoms with van der Waals surface area (Å²) >= 11 is 5.39. The lowest BCUT2D eigenvalue weighted by Crippen LogP contribution is -2.22. The monoisotopic (exact) mass is 370 g/mol. The lowest BCUT2D eigenvalue weighted by Gasteiger charge is -2.03. The molecule has 0 unspecified atom stereocenters. The summed E-state index contributed by atoms with van der Waals surface area (Å²) in [6.45, 7) is 0.773. The Labute approximate surface area is 105 Å². The molecule has 0 bridgehead atoms. The van der Waals surface area contributed by atoms with Crippen molar-refractivity contribution in [3.05, 3.63) is 26.4 Å². The Kier molecular flexibility index (Phi) is 5.69. The molecule has 0 aliphatic rings. The largest absolute Gasteiger partial charge is 0.298 e. The molecule has 3 nitrogen and oxygen atoms in total. The first-order chi connectivity index (χ1) is 6.75. The first-order valence-electron chi connectivity index (χ1n) is 4.51. The molecule has 0 aliphatic heterocycles. The van der Waals surface area contributed by atoms with Gasteiger partial charge in [0.2, 0.25) is 0 Å². The van der Waals surface area contributed by atoms with Crippen molar-refractivity contribution in [3.63, 3.8) is 0 Å². The molecule has 0 radical (unpaired) electrons. The lowest BCUT2D eigenvalue weighted by atomic mass is 10.2. The first-order valence-corrected chi connectivity index (χ1v) is 6.71. The molecule has 0 aromatic carbocycles. The van der Waals surface area contributed by atoms with E-state index in [0.717, 1.165) is 31.1 Å². The molecule has 0 amide bonds. The number of nitrogens with zero attached hydrogens (tertiary/aromatic N) is 2. The van der Waals surface area contributed by atoms with Crippen molar-refractivity contribution in [1.82, 2.24) is 9.55 Å². The SMILES string of the molecule is O=c1c(I)cncn1CCCCCBr. The van der Waals surface area contributed by atoms with Gasteiger partial charge in [0.25, 0.3) is 5.56 Å². The van der Waals surface area contributed by atoms with Gasteiger partial charge in [0, 0.05) is 18.1 Å². The van der Waals surface area contributed by atoms with Gasteiger partial charge in [-0.15, -0.1) is 0 Å². The van der Waals surface area contributed by atoms with Gasteiger partial charge in [-0.2, -0.15) is 0 Å². The average molecular weight is 371 g/mol. The molecule has 78 valence electrons. The van der Waals surface area contributed by atoms with Crippen LogP contribution in [-0.4, -0.2) is 14.9 Å². The van der Waals surface area contributed by atoms with Gasteiger partial charge < -0.3 is 0 Å². The van der Waals surface area contributed by atoms with E-state index < -0.39 is 0 Å². The van der Waals surface area contributed by atoms with Crippen LogP contribution in [0.15, 0.2) is 17.3 Å². The Morgan fingerprint density at radius 3 is 2.93 bits per heavy atom. The predicted octanol–water partition coefficient (Wildman–Crippen LogP) is 2.41. The van der Waals surface area contributed by atoms with Crippen molar-refractivity contribution in [2.75, 3.05) is 5.33 Å². The van der Waals surface area contributed by atoms with Crippen molar-refractivity contribution in [2.24, 2.45) is 0 Å². The Morgan fingerprint density at radius 1 is 1.43 bits per heavy atom. The van der Waals surface area contributed by atoms with Crippen LogP contribution in [-0.2, 0) is 6.54 Å². The fourth-order valence-electron chi connectivity index (χ4n) is 1.14. The van der Waals surface area contributed by atoms with Gasteiger partial charge >= 0.3 is 0 Å². The fourth-order valence-corrected chi connectivity index (χ4v) is 2.00. The average Bonchev–Trinajstić information content (AvgIpc) is 2.19. The normalized spacial score (nSPS) is 10.4. The van der Waals surface area contributed by atoms with Crippen LogP contribution in [0.25, 0.3) is 0 Å². The maximum absolute atomic E-state index is 11.5. The summed E-state index contributed by atoms with van der Waals surface area (Å²) in [6, 6.07) is 0. The van der Waals surface area contributed by atoms with Crippen LogP contribution in [0.4, 0.5) is 0 Å². The van der Waals surface area contributed by atoms with Crippen molar-refractivity contribution >= 4 is 38.5 Å². The number of rotatable bonds is 5. The van der Waals surface area contributed by atoms with E-state index in [1.54, 1.807) is 17.1 Å². The van der Waals surface area contributed by atoms with Gasteiger partial charge in [-0.3, -0.25) is 9.36 Å². The maximum Gasteiger partial charge on any atom is 0.266 e. The van der Waals surface area contributed by atoms with Gasteiger partial charge in [0.15, 0.2) is 0 Å². The van der Waals surface area contributed by atoms with Gasteiger partial charge in [0.1, 0.15) is 0 Å². The molecule has 1 rings (SSSR count). The van der Waals surface area contributed by atoms with Gasteiger partial charge in [-0.05, 0) is 35.4 Å². The number of hydrogen-bond donors (Lipinski definition) is 0. The van der Waals surface area contributed by atoms with E-state index in [0.29, 0.717) is 3.57 Å². The quantitative estimate of drug-likeness (QED) is 0.453. The third-order valence-corrected chi connectivity index (χ3v) is 3.19. The summed E-state index contributed by atoms with van der Waals surface area (Å²) in [7, 11) is 0. The topological polar surface area (TPSA) is 34.9 Å². The Hall–Kier alpha value is 0.0900. The molecule has 0 aliphatic carbocycles. The van der Waals surface area contributed by atoms with Crippen LogP contribution in [0.5, 0.6) is 0 Å². The highest BCUT2D eigenvalue weighted by Gasteiger charge is 1.99. The minimum absolute atomic E-state index is 0.0689. The summed E-state index contributed by atoms with van der Waals surface area (Å²) in [6.07, 6.45) is 6.54. The molecular weight excluding hydrogens is 359 g/mol. The molecule has 0 atom stereocenters. The molecule has 0 spiro atoms. The highest BCUT2D eigenvalue weighted by Crippen LogP contribution is 2.00. The van der Waals surface area contributed by atoms with E-state index in [2.05, 4.69) is 20.9 Å². The molecule has 5 heteroatoms. The Bertz CT molecular complexity index is 340. The second kappa shape index (κ2) is 6.55. The molecule has 1 aromatic heterocycles. The van der Waals surface area contributed by atoms with Crippen LogP contribution in [0.3, 0.4) is 0 Å². The third kappa shape index (κ3) is 3.68. The number of aryl methyl sites for hydroxylation is 1. The van der Waals surface area contributed by atoms with E-state index >= 15 is 0 Å². The third-order valence-electron chi connectivity index (χ3n) is 1.89. The van der Waals surface area contributed by atoms with Gasteiger partial charge in [-0.25, -0.2) is 4.98 Å². The second-order valence-electron chi connectivity index (χ2n) is 2.99. The van der Waals surface area contributed by atoms with Crippen molar-refractivity contribution in [1.29, 1.82) is 0 Å². The number of aromatic nitrogens is 2. The summed E-state index contributed by atoms with van der Waals surface area (Å²) < 4.78 is 2.36. The standard InChI is InChI=1S/C9H12BrIN2O/c10-4-2-1-3-5-13-7-12-6-8(11)9(13)14/h6-7H,1-5H2. The number of alkyl halides is 1. The van der Waals surface area contributed by atoms with Crippen LogP contribution < -0.4 is 5.56 Å². The van der Waals surface area contributed by atoms with Crippen molar-refractivity contribution in [3.8, 4) is 0 Å². The molecule has 0 fully saturated rings. The molecule has 1 heterocycles.